The van der Waals surface area contributed by atoms with Crippen molar-refractivity contribution in [2.24, 2.45) is 5.73 Å². The molecule has 0 bridgehead atoms. The number of aliphatic hydroxyl groups is 2. The van der Waals surface area contributed by atoms with E-state index in [-0.39, 0.29) is 0 Å². The van der Waals surface area contributed by atoms with Crippen LogP contribution >= 0.6 is 0 Å². The van der Waals surface area contributed by atoms with Crippen molar-refractivity contribution in [3.8, 4) is 0 Å². The van der Waals surface area contributed by atoms with Gasteiger partial charge in [-0.3, -0.25) is 14.4 Å². The molecule has 7 N–H and O–H groups in total. The first-order chi connectivity index (χ1) is 8.29. The predicted molar refractivity (Wildman–Crippen MR) is 59.3 cm³/mol. The Kier molecular flexibility index (Phi) is 6.86. The maximum Gasteiger partial charge on any atom is 0.322 e. The van der Waals surface area contributed by atoms with Crippen molar-refractivity contribution < 1.29 is 29.7 Å². The number of aliphatic hydroxyl groups excluding tert-OH is 2. The van der Waals surface area contributed by atoms with Crippen LogP contribution in [0.5, 0.6) is 0 Å². The van der Waals surface area contributed by atoms with Crippen molar-refractivity contribution in [2.75, 3.05) is 13.2 Å². The number of nitrogens with two attached hydrogens (primary N) is 1. The molecule has 0 aliphatic heterocycles. The van der Waals surface area contributed by atoms with E-state index in [2.05, 4.69) is 5.32 Å². The summed E-state index contributed by atoms with van der Waals surface area (Å²) in [5.41, 5.74) is 5.32. The molecule has 0 aromatic rings. The minimum Gasteiger partial charge on any atom is -0.480 e. The highest BCUT2D eigenvalue weighted by molar-refractivity contribution is 5.91. The summed E-state index contributed by atoms with van der Waals surface area (Å²) in [5, 5.41) is 30.4. The number of hydrogen-bond donors (Lipinski definition) is 6. The molecule has 0 aliphatic carbocycles. The molecule has 0 fully saturated rings. The van der Waals surface area contributed by atoms with Gasteiger partial charge in [0, 0.05) is 0 Å². The summed E-state index contributed by atoms with van der Waals surface area (Å²) in [5.74, 6) is -2.94. The van der Waals surface area contributed by atoms with Gasteiger partial charge in [0.25, 0.3) is 0 Å². The molecule has 3 unspecified atom stereocenters. The number of nitrogens with one attached hydrogen (secondary N) is 2. The molecule has 0 heterocycles. The lowest BCUT2D eigenvalue weighted by Crippen LogP contribution is -2.56. The third-order valence-corrected chi connectivity index (χ3v) is 2.05. The van der Waals surface area contributed by atoms with Crippen LogP contribution in [-0.4, -0.2) is 64.4 Å². The summed E-state index contributed by atoms with van der Waals surface area (Å²) in [7, 11) is 0. The van der Waals surface area contributed by atoms with Crippen LogP contribution in [0.25, 0.3) is 0 Å². The van der Waals surface area contributed by atoms with E-state index in [1.165, 1.54) is 6.92 Å². The fourth-order valence-corrected chi connectivity index (χ4v) is 0.967. The van der Waals surface area contributed by atoms with E-state index in [0.717, 1.165) is 0 Å². The van der Waals surface area contributed by atoms with Crippen LogP contribution < -0.4 is 16.4 Å². The Morgan fingerprint density at radius 1 is 1.28 bits per heavy atom. The van der Waals surface area contributed by atoms with Gasteiger partial charge in [0.2, 0.25) is 11.8 Å². The molecule has 9 nitrogen and oxygen atoms in total. The average molecular weight is 263 g/mol. The minimum atomic E-state index is -1.32. The fourth-order valence-electron chi connectivity index (χ4n) is 0.967. The van der Waals surface area contributed by atoms with Gasteiger partial charge in [-0.05, 0) is 6.92 Å². The first-order valence-electron chi connectivity index (χ1n) is 5.14. The number of carbonyl (C=O) groups excluding carboxylic acids is 2. The molecule has 3 atom stereocenters. The van der Waals surface area contributed by atoms with Crippen LogP contribution in [0.4, 0.5) is 0 Å². The molecule has 104 valence electrons. The summed E-state index contributed by atoms with van der Waals surface area (Å²) in [4.78, 5) is 33.0. The van der Waals surface area contributed by atoms with Crippen molar-refractivity contribution in [3.05, 3.63) is 0 Å². The number of hydrogen-bond acceptors (Lipinski definition) is 6. The molecular weight excluding hydrogens is 246 g/mol. The Bertz CT molecular complexity index is 319. The van der Waals surface area contributed by atoms with Crippen LogP contribution in [-0.2, 0) is 14.4 Å². The number of carboxylic acids is 1. The Morgan fingerprint density at radius 2 is 1.83 bits per heavy atom. The molecule has 0 saturated carbocycles. The standard InChI is InChI=1S/C9H17N3O6/c1-4(14)7(10)9(18)12-5(3-13)8(17)11-2-6(15)16/h4-5,7,13-14H,2-3,10H2,1H3,(H,11,17)(H,12,18)(H,15,16). The van der Waals surface area contributed by atoms with Crippen molar-refractivity contribution in [1.29, 1.82) is 0 Å². The summed E-state index contributed by atoms with van der Waals surface area (Å²) in [6.45, 7) is -0.0555. The fraction of sp³-hybridized carbons (Fsp3) is 0.667. The topological polar surface area (TPSA) is 162 Å². The van der Waals surface area contributed by atoms with E-state index in [0.29, 0.717) is 0 Å². The van der Waals surface area contributed by atoms with Crippen LogP contribution in [0.2, 0.25) is 0 Å². The van der Waals surface area contributed by atoms with Gasteiger partial charge in [0.15, 0.2) is 0 Å². The van der Waals surface area contributed by atoms with Crippen LogP contribution in [0.3, 0.4) is 0 Å². The summed E-state index contributed by atoms with van der Waals surface area (Å²) in [6, 6.07) is -2.56. The molecule has 0 aromatic carbocycles. The highest BCUT2D eigenvalue weighted by Gasteiger charge is 2.25. The number of amides is 2. The smallest absolute Gasteiger partial charge is 0.322 e. The lowest BCUT2D eigenvalue weighted by Gasteiger charge is -2.19. The van der Waals surface area contributed by atoms with Crippen LogP contribution in [0.15, 0.2) is 0 Å². The molecular formula is C9H17N3O6. The van der Waals surface area contributed by atoms with Crippen molar-refractivity contribution in [2.45, 2.75) is 25.1 Å². The van der Waals surface area contributed by atoms with Gasteiger partial charge in [0.1, 0.15) is 18.6 Å². The maximum atomic E-state index is 11.4. The highest BCUT2D eigenvalue weighted by Crippen LogP contribution is 1.91. The van der Waals surface area contributed by atoms with E-state index in [4.69, 9.17) is 21.1 Å². The van der Waals surface area contributed by atoms with E-state index >= 15 is 0 Å². The van der Waals surface area contributed by atoms with Gasteiger partial charge < -0.3 is 31.7 Å². The van der Waals surface area contributed by atoms with Crippen LogP contribution in [0, 0.1) is 0 Å². The third-order valence-electron chi connectivity index (χ3n) is 2.05. The molecule has 0 spiro atoms. The third kappa shape index (κ3) is 5.57. The molecule has 0 aromatic heterocycles. The van der Waals surface area contributed by atoms with E-state index in [1.54, 1.807) is 0 Å². The van der Waals surface area contributed by atoms with Crippen molar-refractivity contribution in [1.82, 2.24) is 10.6 Å². The normalized spacial score (nSPS) is 15.3. The van der Waals surface area contributed by atoms with Gasteiger partial charge in [0.05, 0.1) is 12.7 Å². The first kappa shape index (κ1) is 16.3. The zero-order valence-corrected chi connectivity index (χ0v) is 9.79. The number of aliphatic carboxylic acids is 1. The first-order valence-corrected chi connectivity index (χ1v) is 5.14. The second-order valence-corrected chi connectivity index (χ2v) is 3.62. The summed E-state index contributed by atoms with van der Waals surface area (Å²) < 4.78 is 0. The highest BCUT2D eigenvalue weighted by atomic mass is 16.4. The zero-order valence-electron chi connectivity index (χ0n) is 9.79. The van der Waals surface area contributed by atoms with Gasteiger partial charge in [-0.25, -0.2) is 0 Å². The van der Waals surface area contributed by atoms with E-state index in [1.807, 2.05) is 5.32 Å². The number of rotatable bonds is 7. The van der Waals surface area contributed by atoms with Gasteiger partial charge in [-0.1, -0.05) is 0 Å². The van der Waals surface area contributed by atoms with E-state index in [9.17, 15) is 14.4 Å². The molecule has 9 heteroatoms. The molecule has 2 amide bonds. The molecule has 0 rings (SSSR count). The van der Waals surface area contributed by atoms with Gasteiger partial charge in [-0.15, -0.1) is 0 Å². The second kappa shape index (κ2) is 7.58. The predicted octanol–water partition coefficient (Wildman–Crippen LogP) is -3.63. The molecule has 0 radical (unpaired) electrons. The Morgan fingerprint density at radius 3 is 2.22 bits per heavy atom. The van der Waals surface area contributed by atoms with Crippen molar-refractivity contribution >= 4 is 17.8 Å². The number of carbonyl (C=O) groups is 3. The molecule has 0 saturated heterocycles. The Hall–Kier alpha value is -1.71. The number of carboxylic acid groups (broad SMARTS) is 1. The lowest BCUT2D eigenvalue weighted by atomic mass is 10.1. The largest absolute Gasteiger partial charge is 0.480 e. The summed E-state index contributed by atoms with van der Waals surface area (Å²) in [6.07, 6.45) is -1.12. The summed E-state index contributed by atoms with van der Waals surface area (Å²) >= 11 is 0. The monoisotopic (exact) mass is 263 g/mol. The minimum absolute atomic E-state index is 0.631. The van der Waals surface area contributed by atoms with Crippen LogP contribution in [0.1, 0.15) is 6.92 Å². The Labute approximate surface area is 103 Å². The quantitative estimate of drug-likeness (QED) is 0.276. The average Bonchev–Trinajstić information content (AvgIpc) is 2.31. The zero-order chi connectivity index (χ0) is 14.3. The van der Waals surface area contributed by atoms with E-state index < -0.39 is 49.1 Å². The second-order valence-electron chi connectivity index (χ2n) is 3.62. The van der Waals surface area contributed by atoms with Crippen molar-refractivity contribution in [3.63, 3.8) is 0 Å². The Balaban J connectivity index is 4.37. The maximum absolute atomic E-state index is 11.4. The molecule has 0 aliphatic rings. The van der Waals surface area contributed by atoms with Gasteiger partial charge >= 0.3 is 5.97 Å². The molecule has 18 heavy (non-hydrogen) atoms. The lowest BCUT2D eigenvalue weighted by molar-refractivity contribution is -0.138. The SMILES string of the molecule is CC(O)C(N)C(=O)NC(CO)C(=O)NCC(=O)O. The van der Waals surface area contributed by atoms with Gasteiger partial charge in [-0.2, -0.15) is 0 Å².